The predicted molar refractivity (Wildman–Crippen MR) is 307 cm³/mol. The largest absolute Gasteiger partial charge is 0.392 e. The number of rotatable bonds is 18. The van der Waals surface area contributed by atoms with Crippen molar-refractivity contribution in [1.29, 1.82) is 0 Å². The van der Waals surface area contributed by atoms with E-state index in [0.717, 1.165) is 38.7 Å². The van der Waals surface area contributed by atoms with E-state index in [2.05, 4.69) is 157 Å². The Morgan fingerprint density at radius 2 is 0.956 bits per heavy atom. The van der Waals surface area contributed by atoms with Gasteiger partial charge in [0, 0.05) is 32.2 Å². The molecule has 374 valence electrons. The molecule has 0 spiro atoms. The Kier molecular flexibility index (Phi) is 46.0. The second-order valence-corrected chi connectivity index (χ2v) is 18.5. The van der Waals surface area contributed by atoms with Crippen molar-refractivity contribution in [3.63, 3.8) is 0 Å². The number of allylic oxidation sites excluding steroid dienone is 1. The van der Waals surface area contributed by atoms with Gasteiger partial charge in [0.15, 0.2) is 0 Å². The van der Waals surface area contributed by atoms with Crippen molar-refractivity contribution in [3.05, 3.63) is 205 Å². The van der Waals surface area contributed by atoms with E-state index in [4.69, 9.17) is 27.9 Å². The van der Waals surface area contributed by atoms with Crippen LogP contribution in [0.3, 0.4) is 0 Å². The number of alkyl halides is 4. The summed E-state index contributed by atoms with van der Waals surface area (Å²) in [6.45, 7) is 18.8. The van der Waals surface area contributed by atoms with Crippen molar-refractivity contribution in [2.24, 2.45) is 29.6 Å². The summed E-state index contributed by atoms with van der Waals surface area (Å²) in [5.41, 5.74) is 6.58. The molecule has 0 bridgehead atoms. The van der Waals surface area contributed by atoms with Gasteiger partial charge < -0.3 is 14.9 Å². The second kappa shape index (κ2) is 44.7. The number of aliphatic hydroxyl groups is 2. The summed E-state index contributed by atoms with van der Waals surface area (Å²) in [6, 6.07) is 51.6. The molecule has 1 heterocycles. The number of ether oxygens (including phenoxy) is 1. The van der Waals surface area contributed by atoms with Gasteiger partial charge >= 0.3 is 0 Å². The fraction of sp³-hybridized carbons (Fsp3) is 0.397. The maximum absolute atomic E-state index is 11.3. The molecule has 10 heteroatoms. The fourth-order valence-corrected chi connectivity index (χ4v) is 7.59. The maximum atomic E-state index is 11.3. The quantitative estimate of drug-likeness (QED) is 0.0397. The maximum Gasteiger partial charge on any atom is 0.146 e. The van der Waals surface area contributed by atoms with Crippen LogP contribution in [0.25, 0.3) is 0 Å². The summed E-state index contributed by atoms with van der Waals surface area (Å²) in [4.78, 5) is 11.3. The normalized spacial score (nSPS) is 14.6. The molecule has 2 N–H and O–H groups in total. The van der Waals surface area contributed by atoms with E-state index in [1.165, 1.54) is 27.8 Å². The van der Waals surface area contributed by atoms with Gasteiger partial charge in [-0.25, -0.2) is 0 Å². The summed E-state index contributed by atoms with van der Waals surface area (Å²) in [7, 11) is 0. The number of ketones is 1. The van der Waals surface area contributed by atoms with Gasteiger partial charge in [-0.1, -0.05) is 238 Å². The number of benzene rings is 5. The van der Waals surface area contributed by atoms with Crippen LogP contribution in [-0.4, -0.2) is 56.9 Å². The van der Waals surface area contributed by atoms with Crippen LogP contribution in [0.2, 0.25) is 0 Å². The summed E-state index contributed by atoms with van der Waals surface area (Å²) in [5.74, 6) is 2.18. The third-order valence-electron chi connectivity index (χ3n) is 10.7. The Morgan fingerprint density at radius 1 is 0.632 bits per heavy atom. The smallest absolute Gasteiger partial charge is 0.146 e. The molecule has 5 aromatic carbocycles. The first kappa shape index (κ1) is 70.0. The Balaban J connectivity index is -0.000000372. The molecule has 0 unspecified atom stereocenters. The number of epoxide rings is 1. The SMILES string of the molecule is Br.C.C=C[C@@H](C)Cc1ccccc1.C=C[C@@H](O)[C@@H](C)Cc1ccccc1.C[C@@H](Cc1ccccc1)C(=O)CBr.C[C@@H](Cc1ccccc1)[C@@H]1CO1.C[C@@H](Cc1ccccc1)[C@H](O)CBr.ClCCl.[HH].[Zn]. The van der Waals surface area contributed by atoms with Crippen molar-refractivity contribution in [3.8, 4) is 0 Å². The predicted octanol–water partition coefficient (Wildman–Crippen LogP) is 16.1. The van der Waals surface area contributed by atoms with Gasteiger partial charge in [0.05, 0.1) is 35.6 Å². The topological polar surface area (TPSA) is 70.1 Å². The zero-order valence-corrected chi connectivity index (χ0v) is 49.7. The van der Waals surface area contributed by atoms with E-state index >= 15 is 0 Å². The fourth-order valence-electron chi connectivity index (χ4n) is 6.40. The molecular formula is C58H81Br3Cl2O4Zn. The first-order valence-corrected chi connectivity index (χ1v) is 25.8. The minimum absolute atomic E-state index is 0. The molecule has 5 aromatic rings. The van der Waals surface area contributed by atoms with Crippen LogP contribution in [-0.2, 0) is 61.1 Å². The summed E-state index contributed by atoms with van der Waals surface area (Å²) < 4.78 is 5.24. The Labute approximate surface area is 464 Å². The molecule has 1 fully saturated rings. The van der Waals surface area contributed by atoms with Crippen LogP contribution < -0.4 is 0 Å². The van der Waals surface area contributed by atoms with Gasteiger partial charge in [-0.2, -0.15) is 0 Å². The molecule has 4 nitrogen and oxygen atoms in total. The molecular weight excluding hydrogens is 1140 g/mol. The van der Waals surface area contributed by atoms with Gasteiger partial charge in [-0.15, -0.1) is 53.3 Å². The van der Waals surface area contributed by atoms with Crippen molar-refractivity contribution in [1.82, 2.24) is 0 Å². The van der Waals surface area contributed by atoms with Crippen molar-refractivity contribution in [2.75, 3.05) is 22.6 Å². The molecule has 0 amide bonds. The Morgan fingerprint density at radius 3 is 1.26 bits per heavy atom. The molecule has 8 atom stereocenters. The molecule has 1 aliphatic heterocycles. The van der Waals surface area contributed by atoms with E-state index in [1.807, 2.05) is 80.6 Å². The molecule has 6 rings (SSSR count). The average molecular weight is 1220 g/mol. The van der Waals surface area contributed by atoms with Gasteiger partial charge in [0.25, 0.3) is 0 Å². The summed E-state index contributed by atoms with van der Waals surface area (Å²) >= 11 is 16.0. The van der Waals surface area contributed by atoms with E-state index < -0.39 is 6.10 Å². The summed E-state index contributed by atoms with van der Waals surface area (Å²) in [5, 5.41) is 20.3. The van der Waals surface area contributed by atoms with Crippen molar-refractivity contribution in [2.45, 2.75) is 92.5 Å². The van der Waals surface area contributed by atoms with E-state index in [-0.39, 0.29) is 74.4 Å². The number of carbonyl (C=O) groups is 1. The van der Waals surface area contributed by atoms with Gasteiger partial charge in [0.2, 0.25) is 0 Å². The van der Waals surface area contributed by atoms with Crippen molar-refractivity contribution < 1.29 is 40.6 Å². The van der Waals surface area contributed by atoms with Crippen LogP contribution in [0, 0.1) is 29.6 Å². The molecule has 0 radical (unpaired) electrons. The number of halogens is 5. The molecule has 0 saturated carbocycles. The van der Waals surface area contributed by atoms with E-state index in [0.29, 0.717) is 34.5 Å². The number of aliphatic hydroxyl groups excluding tert-OH is 2. The third-order valence-corrected chi connectivity index (χ3v) is 11.9. The average Bonchev–Trinajstić information content (AvgIpc) is 4.20. The Bertz CT molecular complexity index is 1900. The molecule has 68 heavy (non-hydrogen) atoms. The molecule has 1 saturated heterocycles. The van der Waals surface area contributed by atoms with Crippen molar-refractivity contribution >= 4 is 77.8 Å². The third kappa shape index (κ3) is 35.0. The van der Waals surface area contributed by atoms with Gasteiger partial charge in [-0.05, 0) is 83.6 Å². The molecule has 0 aliphatic carbocycles. The first-order chi connectivity index (χ1) is 31.3. The minimum atomic E-state index is -0.403. The van der Waals surface area contributed by atoms with Crippen LogP contribution in [0.5, 0.6) is 0 Å². The minimum Gasteiger partial charge on any atom is -0.392 e. The second-order valence-electron chi connectivity index (χ2n) is 16.5. The zero-order chi connectivity index (χ0) is 48.2. The molecule has 1 aliphatic rings. The standard InChI is InChI=1S/C12H16O.C11H15BrO.C11H13BrO.C11H14O.C11H14.CH2Cl2.CH4.BrH.Zn.H2/c1-3-12(13)10(2)9-11-7-5-4-6-8-11;2*1-9(11(13)8-12)7-10-5-3-2-4-6-10;1-9(11-8-12-11)7-10-5-3-2-4-6-10;1-3-10(2)9-11-7-5-4-6-8-11;2-1-3;;;;/h3-8,10,12-13H,1,9H2,2H3;2-6,9,11,13H,7-8H2,1H3;2-6,9H,7-8H2,1H3;2-6,9,11H,7-8H2,1H3;3-8,10H,1,9H2,2H3;1H2;1H4;1H;;1H/t10-,12+;9-,11+;9-;9-,11-;10-;;;;;/m00001...../s1. The van der Waals surface area contributed by atoms with E-state index in [1.54, 1.807) is 6.08 Å². The Hall–Kier alpha value is -2.23. The summed E-state index contributed by atoms with van der Waals surface area (Å²) in [6.07, 6.45) is 8.38. The first-order valence-electron chi connectivity index (χ1n) is 22.5. The number of carbonyl (C=O) groups excluding carboxylic acids is 1. The van der Waals surface area contributed by atoms with E-state index in [9.17, 15) is 15.0 Å². The molecule has 0 aromatic heterocycles. The number of hydrogen-bond acceptors (Lipinski definition) is 4. The van der Waals surface area contributed by atoms with Crippen LogP contribution in [0.15, 0.2) is 177 Å². The van der Waals surface area contributed by atoms with Crippen LogP contribution >= 0.6 is 72.0 Å². The van der Waals surface area contributed by atoms with Crippen LogP contribution in [0.1, 0.15) is 71.3 Å². The van der Waals surface area contributed by atoms with Gasteiger partial charge in [0.1, 0.15) is 5.78 Å². The zero-order valence-electron chi connectivity index (χ0n) is 40.3. The monoisotopic (exact) mass is 1210 g/mol. The van der Waals surface area contributed by atoms with Gasteiger partial charge in [-0.3, -0.25) is 4.79 Å². The number of Topliss-reactive ketones (excluding diaryl/α,β-unsaturated/α-hetero) is 1. The number of hydrogen-bond donors (Lipinski definition) is 2. The van der Waals surface area contributed by atoms with Crippen LogP contribution in [0.4, 0.5) is 0 Å².